The minimum absolute atomic E-state index is 0.227. The molecule has 3 rings (SSSR count). The Morgan fingerprint density at radius 3 is 2.79 bits per heavy atom. The Labute approximate surface area is 115 Å². The van der Waals surface area contributed by atoms with Crippen molar-refractivity contribution in [2.75, 3.05) is 13.6 Å². The first kappa shape index (κ1) is 12.7. The topological polar surface area (TPSA) is 32.3 Å². The minimum atomic E-state index is 0.227. The van der Waals surface area contributed by atoms with E-state index in [4.69, 9.17) is 0 Å². The van der Waals surface area contributed by atoms with Gasteiger partial charge in [0.05, 0.1) is 0 Å². The second kappa shape index (κ2) is 5.33. The number of nitrogens with one attached hydrogen (secondary N) is 1. The number of carbonyl (C=O) groups is 1. The summed E-state index contributed by atoms with van der Waals surface area (Å²) in [7, 11) is 1.93. The Kier molecular flexibility index (Phi) is 3.56. The van der Waals surface area contributed by atoms with Gasteiger partial charge in [-0.3, -0.25) is 4.79 Å². The molecule has 2 atom stereocenters. The van der Waals surface area contributed by atoms with Gasteiger partial charge in [0.25, 0.3) is 5.91 Å². The summed E-state index contributed by atoms with van der Waals surface area (Å²) in [6, 6.07) is 8.54. The fraction of sp³-hybridized carbons (Fsp3) is 0.562. The molecule has 2 bridgehead atoms. The summed E-state index contributed by atoms with van der Waals surface area (Å²) in [4.78, 5) is 14.7. The van der Waals surface area contributed by atoms with E-state index in [9.17, 15) is 4.79 Å². The van der Waals surface area contributed by atoms with Gasteiger partial charge < -0.3 is 10.2 Å². The van der Waals surface area contributed by atoms with E-state index in [0.717, 1.165) is 24.6 Å². The molecule has 1 saturated heterocycles. The van der Waals surface area contributed by atoms with Crippen molar-refractivity contribution in [3.05, 3.63) is 35.4 Å². The predicted molar refractivity (Wildman–Crippen MR) is 76.0 cm³/mol. The number of hydrogen-bond acceptors (Lipinski definition) is 2. The zero-order valence-corrected chi connectivity index (χ0v) is 11.6. The van der Waals surface area contributed by atoms with Crippen LogP contribution in [0, 0.1) is 5.92 Å². The van der Waals surface area contributed by atoms with E-state index in [0.29, 0.717) is 6.04 Å². The number of carbonyl (C=O) groups excluding carboxylic acids is 1. The monoisotopic (exact) mass is 258 g/mol. The van der Waals surface area contributed by atoms with E-state index in [1.54, 1.807) is 0 Å². The van der Waals surface area contributed by atoms with Gasteiger partial charge in [-0.05, 0) is 49.9 Å². The van der Waals surface area contributed by atoms with Crippen molar-refractivity contribution in [3.8, 4) is 0 Å². The molecule has 1 N–H and O–H groups in total. The summed E-state index contributed by atoms with van der Waals surface area (Å²) < 4.78 is 0. The number of amides is 1. The number of likely N-dealkylation sites (tertiary alicyclic amines) is 1. The summed E-state index contributed by atoms with van der Waals surface area (Å²) in [5.74, 6) is 0.983. The third kappa shape index (κ3) is 2.52. The van der Waals surface area contributed by atoms with Gasteiger partial charge in [-0.15, -0.1) is 0 Å². The molecule has 2 unspecified atom stereocenters. The highest BCUT2D eigenvalue weighted by molar-refractivity contribution is 5.94. The molecule has 1 aliphatic heterocycles. The van der Waals surface area contributed by atoms with Crippen molar-refractivity contribution in [1.82, 2.24) is 10.2 Å². The molecule has 19 heavy (non-hydrogen) atoms. The molecule has 1 saturated carbocycles. The Morgan fingerprint density at radius 1 is 1.32 bits per heavy atom. The first-order chi connectivity index (χ1) is 9.28. The van der Waals surface area contributed by atoms with Gasteiger partial charge in [0.2, 0.25) is 0 Å². The van der Waals surface area contributed by atoms with E-state index in [-0.39, 0.29) is 5.91 Å². The van der Waals surface area contributed by atoms with Gasteiger partial charge >= 0.3 is 0 Å². The number of benzene rings is 1. The molecular weight excluding hydrogens is 236 g/mol. The zero-order chi connectivity index (χ0) is 13.2. The van der Waals surface area contributed by atoms with Crippen LogP contribution in [0.1, 0.15) is 41.6 Å². The molecule has 3 nitrogen and oxygen atoms in total. The maximum absolute atomic E-state index is 12.6. The fourth-order valence-electron chi connectivity index (χ4n) is 3.52. The molecule has 2 aliphatic rings. The molecule has 1 aromatic carbocycles. The Morgan fingerprint density at radius 2 is 2.11 bits per heavy atom. The normalized spacial score (nSPS) is 25.6. The van der Waals surface area contributed by atoms with Crippen LogP contribution in [0.4, 0.5) is 0 Å². The van der Waals surface area contributed by atoms with Crippen LogP contribution in [0.25, 0.3) is 0 Å². The number of rotatable bonds is 3. The fourth-order valence-corrected chi connectivity index (χ4v) is 3.52. The molecule has 1 aromatic rings. The third-order valence-electron chi connectivity index (χ3n) is 4.49. The standard InChI is InChI=1S/C16H22N2O/c1-17-10-12-5-7-14(8-6-12)16(19)18-11-13-3-2-4-15(18)9-13/h5-8,13,15,17H,2-4,9-11H2,1H3. The molecule has 102 valence electrons. The van der Waals surface area contributed by atoms with E-state index >= 15 is 0 Å². The van der Waals surface area contributed by atoms with Crippen molar-refractivity contribution in [1.29, 1.82) is 0 Å². The highest BCUT2D eigenvalue weighted by atomic mass is 16.2. The largest absolute Gasteiger partial charge is 0.335 e. The van der Waals surface area contributed by atoms with Crippen LogP contribution in [-0.2, 0) is 6.54 Å². The lowest BCUT2D eigenvalue weighted by atomic mass is 9.90. The van der Waals surface area contributed by atoms with Crippen molar-refractivity contribution < 1.29 is 4.79 Å². The second-order valence-corrected chi connectivity index (χ2v) is 5.87. The molecule has 0 aromatic heterocycles. The van der Waals surface area contributed by atoms with Crippen molar-refractivity contribution in [2.24, 2.45) is 5.92 Å². The Bertz CT molecular complexity index is 454. The van der Waals surface area contributed by atoms with Crippen LogP contribution in [0.5, 0.6) is 0 Å². The summed E-state index contributed by atoms with van der Waals surface area (Å²) in [5, 5.41) is 3.12. The Balaban J connectivity index is 1.73. The van der Waals surface area contributed by atoms with E-state index in [2.05, 4.69) is 10.2 Å². The maximum atomic E-state index is 12.6. The maximum Gasteiger partial charge on any atom is 0.254 e. The van der Waals surface area contributed by atoms with Gasteiger partial charge in [-0.2, -0.15) is 0 Å². The van der Waals surface area contributed by atoms with Crippen LogP contribution in [0.15, 0.2) is 24.3 Å². The molecule has 3 heteroatoms. The van der Waals surface area contributed by atoms with Crippen molar-refractivity contribution >= 4 is 5.91 Å². The lowest BCUT2D eigenvalue weighted by Crippen LogP contribution is -2.35. The van der Waals surface area contributed by atoms with Gasteiger partial charge in [0.15, 0.2) is 0 Å². The smallest absolute Gasteiger partial charge is 0.254 e. The lowest BCUT2D eigenvalue weighted by Gasteiger charge is -2.24. The minimum Gasteiger partial charge on any atom is -0.335 e. The molecule has 2 fully saturated rings. The van der Waals surface area contributed by atoms with Crippen LogP contribution < -0.4 is 5.32 Å². The number of hydrogen-bond donors (Lipinski definition) is 1. The first-order valence-corrected chi connectivity index (χ1v) is 7.32. The zero-order valence-electron chi connectivity index (χ0n) is 11.6. The molecule has 1 amide bonds. The summed E-state index contributed by atoms with van der Waals surface area (Å²) in [6.07, 6.45) is 5.02. The van der Waals surface area contributed by atoms with Crippen LogP contribution in [0.2, 0.25) is 0 Å². The average Bonchev–Trinajstić information content (AvgIpc) is 2.74. The SMILES string of the molecule is CNCc1ccc(C(=O)N2CC3CCCC2C3)cc1. The van der Waals surface area contributed by atoms with Crippen LogP contribution >= 0.6 is 0 Å². The molecular formula is C16H22N2O. The van der Waals surface area contributed by atoms with E-state index in [1.807, 2.05) is 31.3 Å². The van der Waals surface area contributed by atoms with E-state index < -0.39 is 0 Å². The van der Waals surface area contributed by atoms with Gasteiger partial charge in [0.1, 0.15) is 0 Å². The molecule has 0 radical (unpaired) electrons. The number of fused-ring (bicyclic) bond motifs is 2. The van der Waals surface area contributed by atoms with Gasteiger partial charge in [-0.25, -0.2) is 0 Å². The third-order valence-corrected chi connectivity index (χ3v) is 4.49. The molecule has 0 spiro atoms. The molecule has 1 aliphatic carbocycles. The highest BCUT2D eigenvalue weighted by Gasteiger charge is 2.37. The Hall–Kier alpha value is -1.35. The summed E-state index contributed by atoms with van der Waals surface area (Å²) in [6.45, 7) is 1.82. The average molecular weight is 258 g/mol. The summed E-state index contributed by atoms with van der Waals surface area (Å²) >= 11 is 0. The number of nitrogens with zero attached hydrogens (tertiary/aromatic N) is 1. The van der Waals surface area contributed by atoms with Crippen molar-refractivity contribution in [3.63, 3.8) is 0 Å². The highest BCUT2D eigenvalue weighted by Crippen LogP contribution is 2.36. The second-order valence-electron chi connectivity index (χ2n) is 5.87. The van der Waals surface area contributed by atoms with Crippen molar-refractivity contribution in [2.45, 2.75) is 38.3 Å². The lowest BCUT2D eigenvalue weighted by molar-refractivity contribution is 0.0733. The molecule has 1 heterocycles. The van der Waals surface area contributed by atoms with Gasteiger partial charge in [0, 0.05) is 24.7 Å². The predicted octanol–water partition coefficient (Wildman–Crippen LogP) is 2.42. The van der Waals surface area contributed by atoms with E-state index in [1.165, 1.54) is 31.2 Å². The first-order valence-electron chi connectivity index (χ1n) is 7.32. The van der Waals surface area contributed by atoms with Crippen LogP contribution in [-0.4, -0.2) is 30.4 Å². The summed E-state index contributed by atoms with van der Waals surface area (Å²) in [5.41, 5.74) is 2.06. The van der Waals surface area contributed by atoms with Crippen LogP contribution in [0.3, 0.4) is 0 Å². The van der Waals surface area contributed by atoms with Gasteiger partial charge in [-0.1, -0.05) is 18.6 Å². The quantitative estimate of drug-likeness (QED) is 0.903.